The van der Waals surface area contributed by atoms with Gasteiger partial charge in [-0.25, -0.2) is 0 Å². The number of carbonyl (C=O) groups is 2. The molecule has 2 saturated heterocycles. The molecule has 0 aliphatic carbocycles. The summed E-state index contributed by atoms with van der Waals surface area (Å²) >= 11 is 0. The number of carbonyl (C=O) groups excluding carboxylic acids is 2. The molecule has 2 aromatic carbocycles. The fraction of sp³-hybridized carbons (Fsp3) is 0.484. The summed E-state index contributed by atoms with van der Waals surface area (Å²) in [7, 11) is 1.22. The maximum Gasteiger partial charge on any atom is 0.264 e. The van der Waals surface area contributed by atoms with Crippen LogP contribution < -0.4 is 19.7 Å². The molecule has 1 spiro atoms. The number of hydrogen-bond donors (Lipinski definition) is 1. The Bertz CT molecular complexity index is 1510. The molecule has 0 unspecified atom stereocenters. The van der Waals surface area contributed by atoms with Gasteiger partial charge in [-0.05, 0) is 42.3 Å². The third-order valence-corrected chi connectivity index (χ3v) is 14.1. The van der Waals surface area contributed by atoms with Crippen molar-refractivity contribution in [2.75, 3.05) is 37.1 Å². The largest absolute Gasteiger partial charge is 0.497 e. The van der Waals surface area contributed by atoms with E-state index in [1.807, 2.05) is 43.6 Å². The van der Waals surface area contributed by atoms with Crippen molar-refractivity contribution < 1.29 is 24.2 Å². The summed E-state index contributed by atoms with van der Waals surface area (Å²) in [6.45, 7) is 8.17. The number of ether oxygens (including phenoxy) is 2. The summed E-state index contributed by atoms with van der Waals surface area (Å²) in [5.41, 5.74) is 2.19. The van der Waals surface area contributed by atoms with E-state index in [4.69, 9.17) is 9.47 Å². The van der Waals surface area contributed by atoms with Crippen LogP contribution in [0.5, 0.6) is 5.75 Å². The number of amides is 2. The van der Waals surface area contributed by atoms with Crippen LogP contribution in [-0.2, 0) is 32.9 Å². The standard InChI is InChI=1S/C31H39N5O5Si/c1-20-29(42(4,5)24-9-7-23(40-3)8-10-24)27(12-15-35-19-21(14-17-37)32-33-35)41-31(20)25-18-22(36-16-13-28(36)38)6-11-26(25)34(2)30(31)39/h6-11,18-20,27,29,37H,12-17H2,1-5H3/t20-,27+,29-,31+/m0/s1. The Hall–Kier alpha value is -3.54. The predicted molar refractivity (Wildman–Crippen MR) is 162 cm³/mol. The zero-order chi connectivity index (χ0) is 29.8. The summed E-state index contributed by atoms with van der Waals surface area (Å²) in [5.74, 6) is 0.728. The molecule has 3 aliphatic heterocycles. The second-order valence-corrected chi connectivity index (χ2v) is 16.9. The predicted octanol–water partition coefficient (Wildman–Crippen LogP) is 2.84. The highest BCUT2D eigenvalue weighted by Crippen LogP contribution is 2.60. The van der Waals surface area contributed by atoms with Crippen molar-refractivity contribution in [3.63, 3.8) is 0 Å². The number of benzene rings is 2. The van der Waals surface area contributed by atoms with Gasteiger partial charge in [0.1, 0.15) is 5.75 Å². The van der Waals surface area contributed by atoms with E-state index in [0.29, 0.717) is 32.4 Å². The summed E-state index contributed by atoms with van der Waals surface area (Å²) < 4.78 is 14.3. The third-order valence-electron chi connectivity index (χ3n) is 9.71. The fourth-order valence-electron chi connectivity index (χ4n) is 7.37. The van der Waals surface area contributed by atoms with Crippen molar-refractivity contribution in [3.05, 3.63) is 59.9 Å². The molecule has 42 heavy (non-hydrogen) atoms. The quantitative estimate of drug-likeness (QED) is 0.302. The van der Waals surface area contributed by atoms with E-state index in [1.54, 1.807) is 21.6 Å². The van der Waals surface area contributed by atoms with Crippen molar-refractivity contribution in [3.8, 4) is 5.75 Å². The Morgan fingerprint density at radius 3 is 2.57 bits per heavy atom. The van der Waals surface area contributed by atoms with Gasteiger partial charge in [0.15, 0.2) is 5.60 Å². The van der Waals surface area contributed by atoms with Gasteiger partial charge in [0.2, 0.25) is 5.91 Å². The molecule has 0 saturated carbocycles. The third kappa shape index (κ3) is 4.37. The first-order valence-corrected chi connectivity index (χ1v) is 17.7. The molecule has 0 bridgehead atoms. The topological polar surface area (TPSA) is 110 Å². The Balaban J connectivity index is 1.41. The van der Waals surface area contributed by atoms with Crippen molar-refractivity contribution in [2.24, 2.45) is 5.92 Å². The lowest BCUT2D eigenvalue weighted by Gasteiger charge is -2.37. The van der Waals surface area contributed by atoms with E-state index in [-0.39, 0.29) is 36.0 Å². The van der Waals surface area contributed by atoms with Crippen LogP contribution in [0.1, 0.15) is 31.0 Å². The number of aliphatic hydroxyl groups excluding tert-OH is 1. The van der Waals surface area contributed by atoms with Crippen LogP contribution in [0.25, 0.3) is 0 Å². The molecule has 3 aliphatic rings. The number of aliphatic hydroxyl groups is 1. The number of fused-ring (bicyclic) bond motifs is 2. The van der Waals surface area contributed by atoms with Gasteiger partial charge in [0.25, 0.3) is 5.91 Å². The highest BCUT2D eigenvalue weighted by molar-refractivity contribution is 6.91. The molecule has 6 rings (SSSR count). The number of β-lactam (4-membered cyclic amide) rings is 1. The minimum atomic E-state index is -2.26. The normalized spacial score (nSPS) is 25.3. The van der Waals surface area contributed by atoms with Crippen molar-refractivity contribution in [2.45, 2.75) is 63.1 Å². The first kappa shape index (κ1) is 28.6. The zero-order valence-electron chi connectivity index (χ0n) is 24.9. The minimum Gasteiger partial charge on any atom is -0.497 e. The molecule has 1 aromatic heterocycles. The highest BCUT2D eigenvalue weighted by atomic mass is 28.3. The molecule has 2 amide bonds. The van der Waals surface area contributed by atoms with Gasteiger partial charge in [-0.2, -0.15) is 0 Å². The Morgan fingerprint density at radius 2 is 1.93 bits per heavy atom. The number of nitrogens with zero attached hydrogens (tertiary/aromatic N) is 5. The van der Waals surface area contributed by atoms with Gasteiger partial charge in [-0.3, -0.25) is 14.3 Å². The average Bonchev–Trinajstić information content (AvgIpc) is 3.62. The van der Waals surface area contributed by atoms with Crippen molar-refractivity contribution in [1.29, 1.82) is 0 Å². The summed E-state index contributed by atoms with van der Waals surface area (Å²) in [4.78, 5) is 30.1. The Labute approximate surface area is 247 Å². The number of aromatic nitrogens is 3. The van der Waals surface area contributed by atoms with E-state index in [2.05, 4.69) is 42.5 Å². The second-order valence-electron chi connectivity index (χ2n) is 12.3. The van der Waals surface area contributed by atoms with E-state index >= 15 is 0 Å². The first-order chi connectivity index (χ1) is 20.1. The summed E-state index contributed by atoms with van der Waals surface area (Å²) in [6.07, 6.45) is 3.31. The van der Waals surface area contributed by atoms with Gasteiger partial charge in [0, 0.05) is 63.0 Å². The SMILES string of the molecule is COc1ccc([Si](C)(C)[C@@H]2[C@@H](CCn3cc(CCO)nn3)O[C@]3(C(=O)N(C)c4ccc(N5CCC5=O)cc43)[C@H]2C)cc1. The molecular formula is C31H39N5O5Si. The molecule has 2 fully saturated rings. The van der Waals surface area contributed by atoms with Crippen molar-refractivity contribution >= 4 is 36.4 Å². The maximum atomic E-state index is 14.3. The monoisotopic (exact) mass is 589 g/mol. The van der Waals surface area contributed by atoms with E-state index in [0.717, 1.165) is 28.4 Å². The van der Waals surface area contributed by atoms with Crippen molar-refractivity contribution in [1.82, 2.24) is 15.0 Å². The van der Waals surface area contributed by atoms with Crippen LogP contribution in [0.15, 0.2) is 48.7 Å². The molecule has 3 aromatic rings. The zero-order valence-corrected chi connectivity index (χ0v) is 25.9. The lowest BCUT2D eigenvalue weighted by atomic mass is 9.82. The van der Waals surface area contributed by atoms with Gasteiger partial charge in [0.05, 0.1) is 32.7 Å². The Kier molecular flexibility index (Phi) is 7.23. The van der Waals surface area contributed by atoms with Crippen LogP contribution in [-0.4, -0.2) is 73.4 Å². The Morgan fingerprint density at radius 1 is 1.17 bits per heavy atom. The molecule has 10 nitrogen and oxygen atoms in total. The number of aryl methyl sites for hydroxylation is 1. The number of rotatable bonds is 9. The lowest BCUT2D eigenvalue weighted by molar-refractivity contribution is -0.145. The van der Waals surface area contributed by atoms with Crippen LogP contribution >= 0.6 is 0 Å². The molecule has 0 radical (unpaired) electrons. The smallest absolute Gasteiger partial charge is 0.264 e. The molecule has 1 N–H and O–H groups in total. The van der Waals surface area contributed by atoms with E-state index in [1.165, 1.54) is 5.19 Å². The summed E-state index contributed by atoms with van der Waals surface area (Å²) in [5, 5.41) is 19.0. The fourth-order valence-corrected chi connectivity index (χ4v) is 11.4. The van der Waals surface area contributed by atoms with Gasteiger partial charge >= 0.3 is 0 Å². The second kappa shape index (κ2) is 10.6. The number of likely N-dealkylation sites (N-methyl/N-ethyl adjacent to an activating group) is 1. The number of methoxy groups -OCH3 is 1. The van der Waals surface area contributed by atoms with E-state index < -0.39 is 13.7 Å². The molecule has 222 valence electrons. The average molecular weight is 590 g/mol. The van der Waals surface area contributed by atoms with Gasteiger partial charge < -0.3 is 24.4 Å². The molecule has 11 heteroatoms. The highest BCUT2D eigenvalue weighted by Gasteiger charge is 2.65. The van der Waals surface area contributed by atoms with Crippen LogP contribution in [0.4, 0.5) is 11.4 Å². The van der Waals surface area contributed by atoms with Crippen LogP contribution in [0.3, 0.4) is 0 Å². The van der Waals surface area contributed by atoms with Gasteiger partial charge in [-0.15, -0.1) is 5.10 Å². The number of anilines is 2. The molecular weight excluding hydrogens is 550 g/mol. The number of hydrogen-bond acceptors (Lipinski definition) is 7. The first-order valence-electron chi connectivity index (χ1n) is 14.7. The van der Waals surface area contributed by atoms with Crippen LogP contribution in [0.2, 0.25) is 18.6 Å². The minimum absolute atomic E-state index is 0.0221. The molecule has 4 heterocycles. The van der Waals surface area contributed by atoms with Gasteiger partial charge in [-0.1, -0.05) is 42.6 Å². The maximum absolute atomic E-state index is 14.3. The van der Waals surface area contributed by atoms with Crippen LogP contribution in [0, 0.1) is 5.92 Å². The molecule has 4 atom stereocenters. The lowest BCUT2D eigenvalue weighted by Crippen LogP contribution is -2.51. The van der Waals surface area contributed by atoms with E-state index in [9.17, 15) is 14.7 Å². The summed E-state index contributed by atoms with van der Waals surface area (Å²) in [6, 6.07) is 14.2.